The number of benzene rings is 1. The molecule has 1 aromatic rings. The van der Waals surface area contributed by atoms with E-state index >= 15 is 0 Å². The van der Waals surface area contributed by atoms with Crippen LogP contribution < -0.4 is 0 Å². The summed E-state index contributed by atoms with van der Waals surface area (Å²) in [6.45, 7) is 26.5. The molecule has 3 saturated heterocycles. The predicted octanol–water partition coefficient (Wildman–Crippen LogP) is 12.5. The molecule has 466 valence electrons. The van der Waals surface area contributed by atoms with Gasteiger partial charge < -0.3 is 71.1 Å². The third-order valence-electron chi connectivity index (χ3n) is 14.6. The number of ether oxygens (including phenoxy) is 15. The van der Waals surface area contributed by atoms with Crippen molar-refractivity contribution in [3.05, 3.63) is 35.9 Å². The van der Waals surface area contributed by atoms with Crippen LogP contribution >= 0.6 is 11.8 Å². The number of hydrogen-bond acceptors (Lipinski definition) is 17. The molecule has 0 N–H and O–H groups in total. The van der Waals surface area contributed by atoms with Crippen molar-refractivity contribution in [2.24, 2.45) is 0 Å². The average Bonchev–Trinajstić information content (AvgIpc) is 3.54. The van der Waals surface area contributed by atoms with Crippen LogP contribution in [0.2, 0.25) is 0 Å². The Bertz CT molecular complexity index is 1640. The maximum Gasteiger partial charge on any atom is 0.338 e. The molecule has 0 saturated carbocycles. The monoisotopic (exact) mass is 1160 g/mol. The Morgan fingerprint density at radius 1 is 0.388 bits per heavy atom. The second-order valence-corrected chi connectivity index (χ2v) is 22.8. The number of carbonyl (C=O) groups is 1. The van der Waals surface area contributed by atoms with Crippen molar-refractivity contribution >= 4 is 17.7 Å². The van der Waals surface area contributed by atoms with Gasteiger partial charge in [0.1, 0.15) is 72.6 Å². The number of esters is 1. The minimum atomic E-state index is -1.06. The standard InChI is InChI=1S/C63H112O16S/c1-11-21-35-65-44-48-51(68-38-24-14-4)54(69-39-25-15-5)57(72-42-28-18-8)61(74-48)78-52-49(45-66-36-22-12-2)75-62(58(73-43-29-19-9)55(52)70-40-26-16-6)79-53-50(46-67-37-23-13-3)76-63(80-20-10)59(56(53)71-41-27-17-7)77-60(64)47-33-31-30-32-34-47/h30-34,48-59,61-63H,11-29,35-46H2,1-10H3. The van der Waals surface area contributed by atoms with E-state index in [-0.39, 0.29) is 13.2 Å². The van der Waals surface area contributed by atoms with Gasteiger partial charge in [-0.15, -0.1) is 11.8 Å². The van der Waals surface area contributed by atoms with Crippen LogP contribution in [-0.2, 0) is 71.1 Å². The van der Waals surface area contributed by atoms with E-state index < -0.39 is 97.2 Å². The van der Waals surface area contributed by atoms with E-state index in [1.807, 2.05) is 18.2 Å². The first-order chi connectivity index (χ1) is 39.3. The van der Waals surface area contributed by atoms with Crippen LogP contribution in [0.3, 0.4) is 0 Å². The van der Waals surface area contributed by atoms with Crippen molar-refractivity contribution in [1.29, 1.82) is 0 Å². The third kappa shape index (κ3) is 24.5. The number of unbranched alkanes of at least 4 members (excludes halogenated alkanes) is 9. The summed E-state index contributed by atoms with van der Waals surface area (Å²) in [5, 5.41) is 0. The SMILES string of the molecule is CCCCOCC1OC(OC2C(COCCCC)OC(OC3C(COCCCC)OC(SCC)C(OC(=O)c4ccccc4)C3OCCCC)C(OCCCC)C2OCCCC)C(OCCCC)C(OCCCC)C1OCCCC. The Morgan fingerprint density at radius 2 is 0.713 bits per heavy atom. The quantitative estimate of drug-likeness (QED) is 0.0448. The van der Waals surface area contributed by atoms with Crippen molar-refractivity contribution in [3.63, 3.8) is 0 Å². The second-order valence-electron chi connectivity index (χ2n) is 21.4. The predicted molar refractivity (Wildman–Crippen MR) is 315 cm³/mol. The fourth-order valence-electron chi connectivity index (χ4n) is 9.73. The normalized spacial score (nSPS) is 29.1. The third-order valence-corrected chi connectivity index (χ3v) is 15.6. The van der Waals surface area contributed by atoms with Gasteiger partial charge in [0.25, 0.3) is 0 Å². The van der Waals surface area contributed by atoms with Crippen LogP contribution in [0, 0.1) is 0 Å². The smallest absolute Gasteiger partial charge is 0.338 e. The molecule has 17 heteroatoms. The molecule has 3 heterocycles. The first-order valence-electron chi connectivity index (χ1n) is 31.9. The molecular formula is C63H112O16S. The van der Waals surface area contributed by atoms with E-state index in [2.05, 4.69) is 69.2 Å². The first-order valence-corrected chi connectivity index (χ1v) is 32.9. The second kappa shape index (κ2) is 44.0. The highest BCUT2D eigenvalue weighted by Gasteiger charge is 2.57. The Balaban J connectivity index is 1.92. The molecule has 3 aliphatic rings. The molecule has 16 nitrogen and oxygen atoms in total. The lowest BCUT2D eigenvalue weighted by Crippen LogP contribution is -2.68. The first kappa shape index (κ1) is 71.0. The van der Waals surface area contributed by atoms with E-state index in [9.17, 15) is 4.79 Å². The summed E-state index contributed by atoms with van der Waals surface area (Å²) in [6.07, 6.45) is 5.64. The zero-order valence-electron chi connectivity index (χ0n) is 51.4. The van der Waals surface area contributed by atoms with Gasteiger partial charge in [-0.25, -0.2) is 4.79 Å². The Hall–Kier alpha value is -1.52. The van der Waals surface area contributed by atoms with E-state index in [0.717, 1.165) is 116 Å². The maximum absolute atomic E-state index is 14.1. The van der Waals surface area contributed by atoms with Crippen molar-refractivity contribution in [2.45, 2.75) is 276 Å². The lowest BCUT2D eigenvalue weighted by atomic mass is 9.95. The van der Waals surface area contributed by atoms with Gasteiger partial charge in [0.2, 0.25) is 0 Å². The molecule has 0 radical (unpaired) electrons. The van der Waals surface area contributed by atoms with Gasteiger partial charge in [-0.2, -0.15) is 0 Å². The molecule has 80 heavy (non-hydrogen) atoms. The van der Waals surface area contributed by atoms with Crippen molar-refractivity contribution < 1.29 is 75.8 Å². The number of carbonyl (C=O) groups excluding carboxylic acids is 1. The van der Waals surface area contributed by atoms with Crippen LogP contribution in [0.15, 0.2) is 30.3 Å². The molecule has 15 atom stereocenters. The molecule has 4 rings (SSSR count). The maximum atomic E-state index is 14.1. The van der Waals surface area contributed by atoms with Gasteiger partial charge in [0.15, 0.2) is 18.7 Å². The summed E-state index contributed by atoms with van der Waals surface area (Å²) in [5.74, 6) is 0.232. The molecule has 0 aromatic heterocycles. The van der Waals surface area contributed by atoms with Crippen molar-refractivity contribution in [3.8, 4) is 0 Å². The van der Waals surface area contributed by atoms with Crippen LogP contribution in [0.25, 0.3) is 0 Å². The van der Waals surface area contributed by atoms with E-state index in [1.54, 1.807) is 23.9 Å². The van der Waals surface area contributed by atoms with Crippen LogP contribution in [0.5, 0.6) is 0 Å². The molecule has 0 bridgehead atoms. The molecule has 3 fully saturated rings. The highest BCUT2D eigenvalue weighted by molar-refractivity contribution is 7.99. The van der Waals surface area contributed by atoms with Gasteiger partial charge in [0, 0.05) is 59.5 Å². The summed E-state index contributed by atoms with van der Waals surface area (Å²) < 4.78 is 104. The van der Waals surface area contributed by atoms with Gasteiger partial charge in [0.05, 0.1) is 25.4 Å². The summed E-state index contributed by atoms with van der Waals surface area (Å²) in [7, 11) is 0. The summed E-state index contributed by atoms with van der Waals surface area (Å²) in [6, 6.07) is 9.05. The van der Waals surface area contributed by atoms with Crippen molar-refractivity contribution in [1.82, 2.24) is 0 Å². The Kier molecular flexibility index (Phi) is 39.0. The highest BCUT2D eigenvalue weighted by atomic mass is 32.2. The van der Waals surface area contributed by atoms with Crippen LogP contribution in [0.1, 0.15) is 195 Å². The van der Waals surface area contributed by atoms with Gasteiger partial charge in [-0.05, 0) is 75.7 Å². The number of hydrogen-bond donors (Lipinski definition) is 0. The molecule has 1 aromatic carbocycles. The summed E-state index contributed by atoms with van der Waals surface area (Å²) in [4.78, 5) is 14.1. The minimum absolute atomic E-state index is 0.157. The van der Waals surface area contributed by atoms with E-state index in [4.69, 9.17) is 71.1 Å². The van der Waals surface area contributed by atoms with E-state index in [1.165, 1.54) is 0 Å². The minimum Gasteiger partial charge on any atom is -0.452 e. The van der Waals surface area contributed by atoms with E-state index in [0.29, 0.717) is 77.4 Å². The average molecular weight is 1160 g/mol. The van der Waals surface area contributed by atoms with Gasteiger partial charge in [-0.1, -0.05) is 145 Å². The van der Waals surface area contributed by atoms with Crippen LogP contribution in [0.4, 0.5) is 0 Å². The molecule has 3 aliphatic heterocycles. The number of rotatable bonds is 47. The lowest BCUT2D eigenvalue weighted by Gasteiger charge is -2.52. The van der Waals surface area contributed by atoms with Crippen molar-refractivity contribution in [2.75, 3.05) is 85.0 Å². The number of thioether (sulfide) groups is 1. The molecule has 15 unspecified atom stereocenters. The summed E-state index contributed by atoms with van der Waals surface area (Å²) in [5.41, 5.74) is -0.152. The zero-order valence-corrected chi connectivity index (χ0v) is 52.2. The zero-order chi connectivity index (χ0) is 57.6. The Labute approximate surface area is 488 Å². The molecule has 0 aliphatic carbocycles. The molecular weight excluding hydrogens is 1040 g/mol. The molecule has 0 spiro atoms. The summed E-state index contributed by atoms with van der Waals surface area (Å²) >= 11 is 1.57. The van der Waals surface area contributed by atoms with Gasteiger partial charge >= 0.3 is 5.97 Å². The largest absolute Gasteiger partial charge is 0.452 e. The van der Waals surface area contributed by atoms with Gasteiger partial charge in [-0.3, -0.25) is 0 Å². The Morgan fingerprint density at radius 3 is 1.10 bits per heavy atom. The lowest BCUT2D eigenvalue weighted by molar-refractivity contribution is -0.385. The van der Waals surface area contributed by atoms with Crippen LogP contribution in [-0.4, -0.2) is 182 Å². The highest BCUT2D eigenvalue weighted by Crippen LogP contribution is 2.40. The molecule has 0 amide bonds. The fourth-order valence-corrected chi connectivity index (χ4v) is 10.7. The fraction of sp³-hybridized carbons (Fsp3) is 0.889. The topological polar surface area (TPSA) is 156 Å².